The van der Waals surface area contributed by atoms with Gasteiger partial charge in [-0.05, 0) is 62.2 Å². The molecule has 152 valence electrons. The first-order valence-electron chi connectivity index (χ1n) is 9.87. The third-order valence-electron chi connectivity index (χ3n) is 4.48. The number of hydrogen-bond donors (Lipinski definition) is 2. The van der Waals surface area contributed by atoms with Crippen molar-refractivity contribution < 1.29 is 9.14 Å². The second-order valence-electron chi connectivity index (χ2n) is 6.73. The first kappa shape index (κ1) is 20.4. The third-order valence-corrected chi connectivity index (χ3v) is 4.48. The van der Waals surface area contributed by atoms with E-state index in [2.05, 4.69) is 68.3 Å². The topological polar surface area (TPSA) is 67.0 Å². The van der Waals surface area contributed by atoms with Gasteiger partial charge in [-0.3, -0.25) is 4.99 Å². The summed E-state index contributed by atoms with van der Waals surface area (Å²) in [5.74, 6) is 1.50. The van der Waals surface area contributed by atoms with Gasteiger partial charge < -0.3 is 10.1 Å². The van der Waals surface area contributed by atoms with Crippen LogP contribution in [0.1, 0.15) is 30.7 Å². The van der Waals surface area contributed by atoms with E-state index in [-0.39, 0.29) is 0 Å². The van der Waals surface area contributed by atoms with Crippen LogP contribution in [0.5, 0.6) is 5.75 Å². The molecular formula is C22H29N6O+. The molecule has 3 rings (SSSR count). The maximum absolute atomic E-state index is 5.97. The van der Waals surface area contributed by atoms with E-state index >= 15 is 0 Å². The lowest BCUT2D eigenvalue weighted by Crippen LogP contribution is -2.34. The van der Waals surface area contributed by atoms with Gasteiger partial charge >= 0.3 is 0 Å². The average Bonchev–Trinajstić information content (AvgIpc) is 3.02. The fourth-order valence-corrected chi connectivity index (χ4v) is 2.97. The van der Waals surface area contributed by atoms with E-state index in [4.69, 9.17) is 4.74 Å². The van der Waals surface area contributed by atoms with Gasteiger partial charge in [-0.15, -0.1) is 0 Å². The average molecular weight is 394 g/mol. The molecule has 0 fully saturated rings. The molecule has 0 amide bonds. The highest BCUT2D eigenvalue weighted by Gasteiger charge is 2.14. The number of nitrogens with one attached hydrogen (secondary N) is 2. The predicted molar refractivity (Wildman–Crippen MR) is 116 cm³/mol. The summed E-state index contributed by atoms with van der Waals surface area (Å²) in [7, 11) is 2.05. The highest BCUT2D eigenvalue weighted by molar-refractivity contribution is 5.83. The summed E-state index contributed by atoms with van der Waals surface area (Å²) in [6.07, 6.45) is 5.98. The maximum atomic E-state index is 5.97. The van der Waals surface area contributed by atoms with Crippen molar-refractivity contribution in [2.24, 2.45) is 17.1 Å². The Hall–Kier alpha value is -3.35. The first-order chi connectivity index (χ1) is 14.1. The van der Waals surface area contributed by atoms with Crippen LogP contribution in [0, 0.1) is 6.92 Å². The molecule has 0 saturated heterocycles. The minimum absolute atomic E-state index is 0.506. The predicted octanol–water partition coefficient (Wildman–Crippen LogP) is 2.56. The Morgan fingerprint density at radius 2 is 1.93 bits per heavy atom. The molecular weight excluding hydrogens is 364 g/mol. The van der Waals surface area contributed by atoms with Crippen LogP contribution in [0.3, 0.4) is 0 Å². The van der Waals surface area contributed by atoms with E-state index in [0.29, 0.717) is 19.1 Å². The molecule has 2 N–H and O–H groups in total. The van der Waals surface area contributed by atoms with Crippen molar-refractivity contribution in [3.63, 3.8) is 0 Å². The number of hydrogen-bond acceptors (Lipinski definition) is 3. The molecule has 0 aliphatic carbocycles. The van der Waals surface area contributed by atoms with Crippen molar-refractivity contribution in [2.45, 2.75) is 27.4 Å². The molecule has 0 aliphatic rings. The van der Waals surface area contributed by atoms with Gasteiger partial charge in [0, 0.05) is 19.2 Å². The summed E-state index contributed by atoms with van der Waals surface area (Å²) in [5, 5.41) is 7.36. The number of hydrazone groups is 1. The van der Waals surface area contributed by atoms with Crippen molar-refractivity contribution in [3.8, 4) is 5.75 Å². The standard InChI is InChI=1S/C22H29N6O/c1-5-23-22(24-6-2)26-25-13-18-8-10-20(11-9-18)29-16-19-15-28-14-17(3)7-12-21(28)27(19)4/h7-15H,5-6,16H2,1-4H3,(H2,23,24,26)/q+1/b25-13+. The van der Waals surface area contributed by atoms with E-state index < -0.39 is 0 Å². The SMILES string of the molecule is CCN=C(NCC)N/N=C/c1ccc(OCc2c[n+]3cc(C)ccc3n2C)cc1. The third kappa shape index (κ3) is 5.34. The monoisotopic (exact) mass is 393 g/mol. The van der Waals surface area contributed by atoms with E-state index in [1.807, 2.05) is 38.1 Å². The molecule has 0 saturated carbocycles. The Balaban J connectivity index is 1.59. The Bertz CT molecular complexity index is 1000. The van der Waals surface area contributed by atoms with Crippen LogP contribution in [0.15, 0.2) is 58.9 Å². The quantitative estimate of drug-likeness (QED) is 0.281. The van der Waals surface area contributed by atoms with Crippen molar-refractivity contribution in [2.75, 3.05) is 13.1 Å². The molecule has 0 atom stereocenters. The van der Waals surface area contributed by atoms with Crippen molar-refractivity contribution >= 4 is 17.8 Å². The number of fused-ring (bicyclic) bond motifs is 1. The van der Waals surface area contributed by atoms with Crippen LogP contribution in [0.25, 0.3) is 5.65 Å². The van der Waals surface area contributed by atoms with Gasteiger partial charge in [0.25, 0.3) is 5.65 Å². The van der Waals surface area contributed by atoms with Gasteiger partial charge in [0.1, 0.15) is 11.9 Å². The molecule has 3 aromatic rings. The van der Waals surface area contributed by atoms with Crippen LogP contribution in [0.4, 0.5) is 0 Å². The molecule has 0 unspecified atom stereocenters. The largest absolute Gasteiger partial charge is 0.485 e. The van der Waals surface area contributed by atoms with Gasteiger partial charge in [-0.25, -0.2) is 14.4 Å². The lowest BCUT2D eigenvalue weighted by molar-refractivity contribution is -0.511. The number of rotatable bonds is 7. The van der Waals surface area contributed by atoms with E-state index in [9.17, 15) is 0 Å². The van der Waals surface area contributed by atoms with E-state index in [1.54, 1.807) is 6.21 Å². The number of imidazole rings is 1. The van der Waals surface area contributed by atoms with Crippen LogP contribution >= 0.6 is 0 Å². The summed E-state index contributed by atoms with van der Waals surface area (Å²) in [6.45, 7) is 8.10. The molecule has 2 heterocycles. The van der Waals surface area contributed by atoms with Crippen LogP contribution in [-0.4, -0.2) is 29.8 Å². The zero-order chi connectivity index (χ0) is 20.6. The van der Waals surface area contributed by atoms with E-state index in [0.717, 1.165) is 29.2 Å². The Labute approximate surface area is 171 Å². The molecule has 2 aromatic heterocycles. The first-order valence-corrected chi connectivity index (χ1v) is 9.87. The molecule has 7 heteroatoms. The number of ether oxygens (including phenoxy) is 1. The van der Waals surface area contributed by atoms with Crippen molar-refractivity contribution in [1.29, 1.82) is 0 Å². The Kier molecular flexibility index (Phi) is 6.84. The zero-order valence-electron chi connectivity index (χ0n) is 17.5. The fourth-order valence-electron chi connectivity index (χ4n) is 2.97. The number of aryl methyl sites for hydroxylation is 2. The molecule has 7 nitrogen and oxygen atoms in total. The highest BCUT2D eigenvalue weighted by Crippen LogP contribution is 2.14. The summed E-state index contributed by atoms with van der Waals surface area (Å²) < 4.78 is 10.2. The lowest BCUT2D eigenvalue weighted by atomic mass is 10.2. The molecule has 0 aliphatic heterocycles. The Morgan fingerprint density at radius 3 is 2.66 bits per heavy atom. The minimum Gasteiger partial charge on any atom is -0.485 e. The highest BCUT2D eigenvalue weighted by atomic mass is 16.5. The molecule has 0 spiro atoms. The minimum atomic E-state index is 0.506. The fraction of sp³-hybridized carbons (Fsp3) is 0.318. The van der Waals surface area contributed by atoms with Gasteiger partial charge in [0.15, 0.2) is 12.3 Å². The number of pyridine rings is 1. The number of guanidine groups is 1. The number of aliphatic imine (C=N–C) groups is 1. The lowest BCUT2D eigenvalue weighted by Gasteiger charge is -2.06. The summed E-state index contributed by atoms with van der Waals surface area (Å²) in [6, 6.07) is 12.1. The van der Waals surface area contributed by atoms with Crippen LogP contribution in [-0.2, 0) is 13.7 Å². The van der Waals surface area contributed by atoms with Gasteiger partial charge in [-0.2, -0.15) is 5.10 Å². The number of aromatic nitrogens is 2. The molecule has 1 aromatic carbocycles. The summed E-state index contributed by atoms with van der Waals surface area (Å²) in [4.78, 5) is 4.30. The van der Waals surface area contributed by atoms with Crippen LogP contribution in [0.2, 0.25) is 0 Å². The second-order valence-corrected chi connectivity index (χ2v) is 6.73. The second kappa shape index (κ2) is 9.73. The normalized spacial score (nSPS) is 11.9. The van der Waals surface area contributed by atoms with Gasteiger partial charge in [-0.1, -0.05) is 0 Å². The molecule has 29 heavy (non-hydrogen) atoms. The molecule has 0 radical (unpaired) electrons. The van der Waals surface area contributed by atoms with Crippen molar-refractivity contribution in [3.05, 3.63) is 65.6 Å². The summed E-state index contributed by atoms with van der Waals surface area (Å²) in [5.41, 5.74) is 7.38. The number of nitrogens with zero attached hydrogens (tertiary/aromatic N) is 4. The van der Waals surface area contributed by atoms with Crippen LogP contribution < -0.4 is 19.9 Å². The van der Waals surface area contributed by atoms with E-state index in [1.165, 1.54) is 5.56 Å². The Morgan fingerprint density at radius 1 is 1.14 bits per heavy atom. The zero-order valence-corrected chi connectivity index (χ0v) is 17.5. The van der Waals surface area contributed by atoms with Gasteiger partial charge in [0.2, 0.25) is 5.96 Å². The number of benzene rings is 1. The van der Waals surface area contributed by atoms with Crippen molar-refractivity contribution in [1.82, 2.24) is 15.3 Å². The smallest absolute Gasteiger partial charge is 0.286 e. The van der Waals surface area contributed by atoms with Gasteiger partial charge in [0.05, 0.1) is 19.5 Å². The summed E-state index contributed by atoms with van der Waals surface area (Å²) >= 11 is 0. The molecule has 0 bridgehead atoms. The maximum Gasteiger partial charge on any atom is 0.286 e.